The molecule has 2 unspecified atom stereocenters. The van der Waals surface area contributed by atoms with E-state index in [0.29, 0.717) is 5.92 Å². The summed E-state index contributed by atoms with van der Waals surface area (Å²) >= 11 is 0. The molecule has 0 radical (unpaired) electrons. The molecule has 2 saturated heterocycles. The zero-order valence-corrected chi connectivity index (χ0v) is 7.25. The maximum absolute atomic E-state index is 11.1. The molecule has 2 aliphatic rings. The van der Waals surface area contributed by atoms with Crippen LogP contribution in [0.3, 0.4) is 0 Å². The number of carbonyl (C=O) groups excluding carboxylic acids is 1. The SMILES string of the molecule is CN1CC2CCNCC2OC1=O. The quantitative estimate of drug-likeness (QED) is 0.558. The minimum atomic E-state index is -0.181. The Bertz CT molecular complexity index is 195. The van der Waals surface area contributed by atoms with Crippen LogP contribution in [-0.4, -0.2) is 43.8 Å². The monoisotopic (exact) mass is 170 g/mol. The number of amides is 1. The molecule has 0 aliphatic carbocycles. The van der Waals surface area contributed by atoms with Gasteiger partial charge in [0, 0.05) is 26.1 Å². The van der Waals surface area contributed by atoms with E-state index < -0.39 is 0 Å². The zero-order chi connectivity index (χ0) is 8.55. The van der Waals surface area contributed by atoms with Gasteiger partial charge in [-0.05, 0) is 13.0 Å². The maximum atomic E-state index is 11.1. The number of nitrogens with one attached hydrogen (secondary N) is 1. The van der Waals surface area contributed by atoms with Gasteiger partial charge in [-0.3, -0.25) is 0 Å². The van der Waals surface area contributed by atoms with E-state index in [2.05, 4.69) is 5.32 Å². The Morgan fingerprint density at radius 1 is 1.67 bits per heavy atom. The molecule has 0 bridgehead atoms. The second-order valence-corrected chi connectivity index (χ2v) is 3.56. The smallest absolute Gasteiger partial charge is 0.409 e. The first-order chi connectivity index (χ1) is 5.77. The van der Waals surface area contributed by atoms with Gasteiger partial charge in [0.2, 0.25) is 0 Å². The summed E-state index contributed by atoms with van der Waals surface area (Å²) in [5.74, 6) is 0.536. The molecule has 2 atom stereocenters. The fourth-order valence-electron chi connectivity index (χ4n) is 1.88. The van der Waals surface area contributed by atoms with Gasteiger partial charge >= 0.3 is 6.09 Å². The minimum Gasteiger partial charge on any atom is -0.444 e. The van der Waals surface area contributed by atoms with Crippen LogP contribution in [0.1, 0.15) is 6.42 Å². The van der Waals surface area contributed by atoms with E-state index in [1.165, 1.54) is 0 Å². The van der Waals surface area contributed by atoms with E-state index in [-0.39, 0.29) is 12.2 Å². The van der Waals surface area contributed by atoms with E-state index in [4.69, 9.17) is 4.74 Å². The molecule has 4 heteroatoms. The van der Waals surface area contributed by atoms with Crippen LogP contribution in [0.5, 0.6) is 0 Å². The number of hydrogen-bond donors (Lipinski definition) is 1. The average molecular weight is 170 g/mol. The van der Waals surface area contributed by atoms with E-state index >= 15 is 0 Å². The van der Waals surface area contributed by atoms with Crippen LogP contribution in [-0.2, 0) is 4.74 Å². The van der Waals surface area contributed by atoms with Crippen molar-refractivity contribution in [1.29, 1.82) is 0 Å². The zero-order valence-electron chi connectivity index (χ0n) is 7.25. The third kappa shape index (κ3) is 1.27. The lowest BCUT2D eigenvalue weighted by atomic mass is 9.93. The lowest BCUT2D eigenvalue weighted by molar-refractivity contribution is -0.0161. The molecule has 1 N–H and O–H groups in total. The van der Waals surface area contributed by atoms with Crippen molar-refractivity contribution in [2.24, 2.45) is 5.92 Å². The highest BCUT2D eigenvalue weighted by atomic mass is 16.6. The summed E-state index contributed by atoms with van der Waals surface area (Å²) in [5.41, 5.74) is 0. The van der Waals surface area contributed by atoms with E-state index in [1.807, 2.05) is 0 Å². The van der Waals surface area contributed by atoms with Crippen LogP contribution < -0.4 is 5.32 Å². The summed E-state index contributed by atoms with van der Waals surface area (Å²) in [5, 5.41) is 3.22. The first-order valence-corrected chi connectivity index (χ1v) is 4.40. The number of fused-ring (bicyclic) bond motifs is 1. The first-order valence-electron chi connectivity index (χ1n) is 4.40. The Kier molecular flexibility index (Phi) is 1.92. The first kappa shape index (κ1) is 7.86. The van der Waals surface area contributed by atoms with Crippen LogP contribution in [0, 0.1) is 5.92 Å². The van der Waals surface area contributed by atoms with Crippen LogP contribution >= 0.6 is 0 Å². The van der Waals surface area contributed by atoms with Crippen LogP contribution in [0.25, 0.3) is 0 Å². The van der Waals surface area contributed by atoms with Crippen LogP contribution in [0.15, 0.2) is 0 Å². The molecular formula is C8H14N2O2. The molecule has 2 fully saturated rings. The molecule has 0 aromatic heterocycles. The molecule has 0 spiro atoms. The van der Waals surface area contributed by atoms with E-state index in [9.17, 15) is 4.79 Å². The standard InChI is InChI=1S/C8H14N2O2/c1-10-5-6-2-3-9-4-7(6)12-8(10)11/h6-7,9H,2-5H2,1H3. The molecule has 2 heterocycles. The summed E-state index contributed by atoms with van der Waals surface area (Å²) in [6.07, 6.45) is 1.05. The van der Waals surface area contributed by atoms with E-state index in [0.717, 1.165) is 26.1 Å². The maximum Gasteiger partial charge on any atom is 0.409 e. The van der Waals surface area contributed by atoms with Gasteiger partial charge in [0.25, 0.3) is 0 Å². The highest BCUT2D eigenvalue weighted by molar-refractivity contribution is 5.68. The second kappa shape index (κ2) is 2.94. The van der Waals surface area contributed by atoms with Crippen molar-refractivity contribution < 1.29 is 9.53 Å². The Morgan fingerprint density at radius 2 is 2.50 bits per heavy atom. The number of hydrogen-bond acceptors (Lipinski definition) is 3. The minimum absolute atomic E-state index is 0.113. The van der Waals surface area contributed by atoms with Crippen LogP contribution in [0.4, 0.5) is 4.79 Å². The van der Waals surface area contributed by atoms with Crippen molar-refractivity contribution in [3.63, 3.8) is 0 Å². The van der Waals surface area contributed by atoms with Gasteiger partial charge < -0.3 is 15.0 Å². The van der Waals surface area contributed by atoms with Gasteiger partial charge in [0.1, 0.15) is 6.10 Å². The molecule has 4 nitrogen and oxygen atoms in total. The highest BCUT2D eigenvalue weighted by Crippen LogP contribution is 2.21. The lowest BCUT2D eigenvalue weighted by Crippen LogP contribution is -2.53. The molecule has 0 aromatic carbocycles. The number of nitrogens with zero attached hydrogens (tertiary/aromatic N) is 1. The molecule has 1 amide bonds. The summed E-state index contributed by atoms with van der Waals surface area (Å²) in [6.45, 7) is 2.72. The number of carbonyl (C=O) groups is 1. The predicted molar refractivity (Wildman–Crippen MR) is 43.9 cm³/mol. The summed E-state index contributed by atoms with van der Waals surface area (Å²) in [6, 6.07) is 0. The molecule has 68 valence electrons. The Hall–Kier alpha value is -0.770. The van der Waals surface area contributed by atoms with Gasteiger partial charge in [-0.25, -0.2) is 4.79 Å². The number of ether oxygens (including phenoxy) is 1. The van der Waals surface area contributed by atoms with Gasteiger partial charge in [0.05, 0.1) is 0 Å². The van der Waals surface area contributed by atoms with Crippen LogP contribution in [0.2, 0.25) is 0 Å². The summed E-state index contributed by atoms with van der Waals surface area (Å²) < 4.78 is 5.23. The molecule has 0 saturated carbocycles. The third-order valence-corrected chi connectivity index (χ3v) is 2.64. The molecular weight excluding hydrogens is 156 g/mol. The fourth-order valence-corrected chi connectivity index (χ4v) is 1.88. The summed E-state index contributed by atoms with van der Waals surface area (Å²) in [4.78, 5) is 12.8. The van der Waals surface area contributed by atoms with Crippen molar-refractivity contribution in [2.75, 3.05) is 26.7 Å². The number of rotatable bonds is 0. The Morgan fingerprint density at radius 3 is 3.33 bits per heavy atom. The summed E-state index contributed by atoms with van der Waals surface area (Å²) in [7, 11) is 1.79. The third-order valence-electron chi connectivity index (χ3n) is 2.64. The topological polar surface area (TPSA) is 41.6 Å². The van der Waals surface area contributed by atoms with Crippen molar-refractivity contribution in [3.8, 4) is 0 Å². The predicted octanol–water partition coefficient (Wildman–Crippen LogP) is 0.0465. The van der Waals surface area contributed by atoms with Gasteiger partial charge in [-0.1, -0.05) is 0 Å². The van der Waals surface area contributed by atoms with Gasteiger partial charge in [-0.15, -0.1) is 0 Å². The van der Waals surface area contributed by atoms with Crippen molar-refractivity contribution >= 4 is 6.09 Å². The lowest BCUT2D eigenvalue weighted by Gasteiger charge is -2.39. The average Bonchev–Trinajstić information content (AvgIpc) is 2.07. The Balaban J connectivity index is 2.02. The normalized spacial score (nSPS) is 35.8. The molecule has 2 rings (SSSR count). The fraction of sp³-hybridized carbons (Fsp3) is 0.875. The Labute approximate surface area is 71.9 Å². The number of piperidine rings is 1. The van der Waals surface area contributed by atoms with Crippen molar-refractivity contribution in [2.45, 2.75) is 12.5 Å². The van der Waals surface area contributed by atoms with Crippen molar-refractivity contribution in [3.05, 3.63) is 0 Å². The molecule has 0 aromatic rings. The molecule has 12 heavy (non-hydrogen) atoms. The van der Waals surface area contributed by atoms with Gasteiger partial charge in [0.15, 0.2) is 0 Å². The second-order valence-electron chi connectivity index (χ2n) is 3.56. The van der Waals surface area contributed by atoms with Gasteiger partial charge in [-0.2, -0.15) is 0 Å². The highest BCUT2D eigenvalue weighted by Gasteiger charge is 2.35. The van der Waals surface area contributed by atoms with Crippen molar-refractivity contribution in [1.82, 2.24) is 10.2 Å². The largest absolute Gasteiger partial charge is 0.444 e. The van der Waals surface area contributed by atoms with E-state index in [1.54, 1.807) is 11.9 Å². The molecule has 2 aliphatic heterocycles.